The van der Waals surface area contributed by atoms with Crippen molar-refractivity contribution in [3.63, 3.8) is 0 Å². The van der Waals surface area contributed by atoms with Crippen LogP contribution in [0.2, 0.25) is 0 Å². The summed E-state index contributed by atoms with van der Waals surface area (Å²) in [5.74, 6) is 1.53. The van der Waals surface area contributed by atoms with E-state index < -0.39 is 0 Å². The Balaban J connectivity index is 2.09. The highest BCUT2D eigenvalue weighted by Crippen LogP contribution is 2.40. The highest BCUT2D eigenvalue weighted by molar-refractivity contribution is 9.10. The molecular formula is C13H18BrNO3. The van der Waals surface area contributed by atoms with Gasteiger partial charge in [-0.2, -0.15) is 0 Å². The minimum absolute atomic E-state index is 0.120. The number of halogens is 1. The van der Waals surface area contributed by atoms with E-state index in [1.807, 2.05) is 19.1 Å². The standard InChI is InChI=1S/C13H18BrNO3/c1-3-13(2,7-16)15-6-9-4-10(14)12-11(5-9)17-8-18-12/h4-5,15-16H,3,6-8H2,1-2H3. The predicted molar refractivity (Wildman–Crippen MR) is 72.9 cm³/mol. The van der Waals surface area contributed by atoms with Crippen LogP contribution in [0.25, 0.3) is 0 Å². The number of benzene rings is 1. The molecule has 0 saturated carbocycles. The molecule has 2 rings (SSSR count). The molecule has 0 spiro atoms. The molecule has 1 aliphatic rings. The summed E-state index contributed by atoms with van der Waals surface area (Å²) in [4.78, 5) is 0. The van der Waals surface area contributed by atoms with E-state index >= 15 is 0 Å². The van der Waals surface area contributed by atoms with Gasteiger partial charge in [-0.15, -0.1) is 0 Å². The summed E-state index contributed by atoms with van der Waals surface area (Å²) in [5, 5.41) is 12.7. The number of hydrogen-bond acceptors (Lipinski definition) is 4. The molecule has 0 saturated heterocycles. The molecule has 0 fully saturated rings. The van der Waals surface area contributed by atoms with Gasteiger partial charge in [0.25, 0.3) is 0 Å². The smallest absolute Gasteiger partial charge is 0.231 e. The van der Waals surface area contributed by atoms with Crippen LogP contribution in [0.15, 0.2) is 16.6 Å². The van der Waals surface area contributed by atoms with Gasteiger partial charge in [-0.3, -0.25) is 0 Å². The molecule has 1 aliphatic heterocycles. The lowest BCUT2D eigenvalue weighted by molar-refractivity contribution is 0.168. The van der Waals surface area contributed by atoms with Gasteiger partial charge >= 0.3 is 0 Å². The van der Waals surface area contributed by atoms with Crippen molar-refractivity contribution in [2.24, 2.45) is 0 Å². The maximum absolute atomic E-state index is 9.36. The molecule has 4 nitrogen and oxygen atoms in total. The first-order chi connectivity index (χ1) is 8.58. The monoisotopic (exact) mass is 315 g/mol. The van der Waals surface area contributed by atoms with Crippen LogP contribution in [0.1, 0.15) is 25.8 Å². The fourth-order valence-electron chi connectivity index (χ4n) is 1.73. The zero-order valence-corrected chi connectivity index (χ0v) is 12.2. The molecule has 1 heterocycles. The molecule has 1 aromatic rings. The van der Waals surface area contributed by atoms with Crippen molar-refractivity contribution in [3.05, 3.63) is 22.2 Å². The number of nitrogens with one attached hydrogen (secondary N) is 1. The first-order valence-corrected chi connectivity index (χ1v) is 6.81. The zero-order valence-electron chi connectivity index (χ0n) is 10.6. The lowest BCUT2D eigenvalue weighted by Gasteiger charge is -2.27. The third kappa shape index (κ3) is 2.79. The van der Waals surface area contributed by atoms with E-state index in [0.717, 1.165) is 28.0 Å². The Labute approximate surface area is 115 Å². The SMILES string of the molecule is CCC(C)(CO)NCc1cc(Br)c2c(c1)OCO2. The Morgan fingerprint density at radius 2 is 2.22 bits per heavy atom. The van der Waals surface area contributed by atoms with Crippen LogP contribution in [-0.4, -0.2) is 24.0 Å². The molecule has 0 bridgehead atoms. The molecular weight excluding hydrogens is 298 g/mol. The Morgan fingerprint density at radius 3 is 2.89 bits per heavy atom. The largest absolute Gasteiger partial charge is 0.454 e. The topological polar surface area (TPSA) is 50.7 Å². The molecule has 18 heavy (non-hydrogen) atoms. The number of hydrogen-bond donors (Lipinski definition) is 2. The Kier molecular flexibility index (Phi) is 4.14. The summed E-state index contributed by atoms with van der Waals surface area (Å²) in [5.41, 5.74) is 0.849. The quantitative estimate of drug-likeness (QED) is 0.876. The van der Waals surface area contributed by atoms with Crippen LogP contribution in [0.5, 0.6) is 11.5 Å². The van der Waals surface area contributed by atoms with Gasteiger partial charge in [0, 0.05) is 12.1 Å². The van der Waals surface area contributed by atoms with Crippen molar-refractivity contribution in [1.82, 2.24) is 5.32 Å². The minimum Gasteiger partial charge on any atom is -0.454 e. The van der Waals surface area contributed by atoms with Gasteiger partial charge in [-0.1, -0.05) is 6.92 Å². The van der Waals surface area contributed by atoms with Crippen LogP contribution < -0.4 is 14.8 Å². The molecule has 0 aliphatic carbocycles. The second-order valence-electron chi connectivity index (χ2n) is 4.74. The molecule has 2 N–H and O–H groups in total. The summed E-state index contributed by atoms with van der Waals surface area (Å²) < 4.78 is 11.6. The van der Waals surface area contributed by atoms with Crippen LogP contribution in [0.4, 0.5) is 0 Å². The lowest BCUT2D eigenvalue weighted by Crippen LogP contribution is -2.44. The third-order valence-electron chi connectivity index (χ3n) is 3.34. The zero-order chi connectivity index (χ0) is 13.2. The summed E-state index contributed by atoms with van der Waals surface area (Å²) >= 11 is 3.47. The summed E-state index contributed by atoms with van der Waals surface area (Å²) in [6.45, 7) is 5.14. The van der Waals surface area contributed by atoms with Crippen LogP contribution >= 0.6 is 15.9 Å². The van der Waals surface area contributed by atoms with Gasteiger partial charge in [0.15, 0.2) is 11.5 Å². The molecule has 0 amide bonds. The van der Waals surface area contributed by atoms with Gasteiger partial charge in [-0.25, -0.2) is 0 Å². The van der Waals surface area contributed by atoms with E-state index in [4.69, 9.17) is 9.47 Å². The Hall–Kier alpha value is -0.780. The number of aliphatic hydroxyl groups excluding tert-OH is 1. The maximum Gasteiger partial charge on any atom is 0.231 e. The van der Waals surface area contributed by atoms with Gasteiger partial charge in [0.05, 0.1) is 11.1 Å². The Bertz CT molecular complexity index is 432. The van der Waals surface area contributed by atoms with Gasteiger partial charge < -0.3 is 19.9 Å². The molecule has 1 atom stereocenters. The van der Waals surface area contributed by atoms with Crippen LogP contribution in [-0.2, 0) is 6.54 Å². The number of fused-ring (bicyclic) bond motifs is 1. The van der Waals surface area contributed by atoms with Gasteiger partial charge in [0.1, 0.15) is 0 Å². The molecule has 0 aromatic heterocycles. The highest BCUT2D eigenvalue weighted by atomic mass is 79.9. The van der Waals surface area contributed by atoms with Gasteiger partial charge in [-0.05, 0) is 47.0 Å². The normalized spacial score (nSPS) is 16.7. The summed E-state index contributed by atoms with van der Waals surface area (Å²) in [6.07, 6.45) is 0.870. The predicted octanol–water partition coefficient (Wildman–Crippen LogP) is 2.43. The average molecular weight is 316 g/mol. The van der Waals surface area contributed by atoms with Crippen molar-refractivity contribution in [1.29, 1.82) is 0 Å². The van der Waals surface area contributed by atoms with Crippen LogP contribution in [0.3, 0.4) is 0 Å². The lowest BCUT2D eigenvalue weighted by atomic mass is 10.00. The number of rotatable bonds is 5. The van der Waals surface area contributed by atoms with E-state index in [0.29, 0.717) is 6.54 Å². The molecule has 1 unspecified atom stereocenters. The van der Waals surface area contributed by atoms with Crippen molar-refractivity contribution in [2.75, 3.05) is 13.4 Å². The summed E-state index contributed by atoms with van der Waals surface area (Å²) in [6, 6.07) is 3.97. The maximum atomic E-state index is 9.36. The van der Waals surface area contributed by atoms with Crippen molar-refractivity contribution in [2.45, 2.75) is 32.4 Å². The second kappa shape index (κ2) is 5.47. The number of ether oxygens (including phenoxy) is 2. The van der Waals surface area contributed by atoms with Crippen molar-refractivity contribution in [3.8, 4) is 11.5 Å². The first kappa shape index (κ1) is 13.6. The Morgan fingerprint density at radius 1 is 1.44 bits per heavy atom. The van der Waals surface area contributed by atoms with Crippen molar-refractivity contribution >= 4 is 15.9 Å². The molecule has 100 valence electrons. The van der Waals surface area contributed by atoms with E-state index in [9.17, 15) is 5.11 Å². The highest BCUT2D eigenvalue weighted by Gasteiger charge is 2.21. The van der Waals surface area contributed by atoms with Crippen LogP contribution in [0, 0.1) is 0 Å². The molecule has 0 radical (unpaired) electrons. The first-order valence-electron chi connectivity index (χ1n) is 6.02. The van der Waals surface area contributed by atoms with E-state index in [-0.39, 0.29) is 18.9 Å². The fraction of sp³-hybridized carbons (Fsp3) is 0.538. The van der Waals surface area contributed by atoms with Crippen molar-refractivity contribution < 1.29 is 14.6 Å². The van der Waals surface area contributed by atoms with E-state index in [1.54, 1.807) is 0 Å². The molecule has 5 heteroatoms. The second-order valence-corrected chi connectivity index (χ2v) is 5.59. The number of aliphatic hydroxyl groups is 1. The van der Waals surface area contributed by atoms with E-state index in [2.05, 4.69) is 28.2 Å². The molecule has 1 aromatic carbocycles. The van der Waals surface area contributed by atoms with Gasteiger partial charge in [0.2, 0.25) is 6.79 Å². The van der Waals surface area contributed by atoms with E-state index in [1.165, 1.54) is 0 Å². The summed E-state index contributed by atoms with van der Waals surface area (Å²) in [7, 11) is 0. The third-order valence-corrected chi connectivity index (χ3v) is 3.92. The minimum atomic E-state index is -0.247. The average Bonchev–Trinajstić information content (AvgIpc) is 2.85. The fourth-order valence-corrected chi connectivity index (χ4v) is 2.33.